The summed E-state index contributed by atoms with van der Waals surface area (Å²) >= 11 is 0. The number of nitrogens with one attached hydrogen (secondary N) is 2. The van der Waals surface area contributed by atoms with Gasteiger partial charge in [0.25, 0.3) is 0 Å². The normalized spacial score (nSPS) is 16.6. The molecule has 1 atom stereocenters. The maximum absolute atomic E-state index is 11.8. The molecule has 1 aliphatic heterocycles. The molecule has 6 nitrogen and oxygen atoms in total. The molecule has 0 spiro atoms. The van der Waals surface area contributed by atoms with Crippen LogP contribution in [-0.2, 0) is 16.0 Å². The molecule has 2 amide bonds. The van der Waals surface area contributed by atoms with Gasteiger partial charge in [-0.05, 0) is 36.8 Å². The standard InChI is InChI=1S/C21H32N4O2/c1-15(2)14-17-8-10-18(11-9-17)16(3)24-21(22-4)23-12-13-25-19(26)6-5-7-20(25)27/h8-11,15-16H,5-7,12-14H2,1-4H3,(H2,22,23,24). The molecule has 1 aromatic rings. The number of carbonyl (C=O) groups excluding carboxylic acids is 2. The third-order valence-corrected chi connectivity index (χ3v) is 4.71. The lowest BCUT2D eigenvalue weighted by molar-refractivity contribution is -0.147. The van der Waals surface area contributed by atoms with Crippen molar-refractivity contribution in [2.75, 3.05) is 20.1 Å². The zero-order chi connectivity index (χ0) is 19.8. The number of likely N-dealkylation sites (tertiary alicyclic amines) is 1. The summed E-state index contributed by atoms with van der Waals surface area (Å²) in [5.74, 6) is 1.15. The molecule has 0 bridgehead atoms. The summed E-state index contributed by atoms with van der Waals surface area (Å²) in [6.07, 6.45) is 2.67. The fourth-order valence-electron chi connectivity index (χ4n) is 3.23. The molecule has 1 heterocycles. The van der Waals surface area contributed by atoms with Crippen LogP contribution >= 0.6 is 0 Å². The predicted molar refractivity (Wildman–Crippen MR) is 108 cm³/mol. The first-order valence-electron chi connectivity index (χ1n) is 9.80. The first-order valence-corrected chi connectivity index (χ1v) is 9.80. The number of imide groups is 1. The van der Waals surface area contributed by atoms with E-state index >= 15 is 0 Å². The predicted octanol–water partition coefficient (Wildman–Crippen LogP) is 2.65. The fourth-order valence-corrected chi connectivity index (χ4v) is 3.23. The lowest BCUT2D eigenvalue weighted by Gasteiger charge is -2.25. The molecule has 2 N–H and O–H groups in total. The summed E-state index contributed by atoms with van der Waals surface area (Å²) in [5.41, 5.74) is 2.53. The van der Waals surface area contributed by atoms with Crippen LogP contribution in [0.3, 0.4) is 0 Å². The highest BCUT2D eigenvalue weighted by Gasteiger charge is 2.25. The molecule has 27 heavy (non-hydrogen) atoms. The van der Waals surface area contributed by atoms with Gasteiger partial charge in [-0.2, -0.15) is 0 Å². The number of guanidine groups is 1. The summed E-state index contributed by atoms with van der Waals surface area (Å²) < 4.78 is 0. The Morgan fingerprint density at radius 3 is 2.30 bits per heavy atom. The Hall–Kier alpha value is -2.37. The Labute approximate surface area is 162 Å². The van der Waals surface area contributed by atoms with Crippen LogP contribution < -0.4 is 10.6 Å². The molecular formula is C21H32N4O2. The van der Waals surface area contributed by atoms with Gasteiger partial charge >= 0.3 is 0 Å². The van der Waals surface area contributed by atoms with Crippen LogP contribution in [-0.4, -0.2) is 42.8 Å². The van der Waals surface area contributed by atoms with Gasteiger partial charge in [0.15, 0.2) is 5.96 Å². The number of piperidine rings is 1. The smallest absolute Gasteiger partial charge is 0.229 e. The van der Waals surface area contributed by atoms with E-state index in [1.807, 2.05) is 0 Å². The van der Waals surface area contributed by atoms with E-state index in [9.17, 15) is 9.59 Å². The van der Waals surface area contributed by atoms with Gasteiger partial charge in [0, 0.05) is 33.0 Å². The van der Waals surface area contributed by atoms with E-state index in [0.29, 0.717) is 44.2 Å². The number of amides is 2. The minimum Gasteiger partial charge on any atom is -0.355 e. The van der Waals surface area contributed by atoms with Crippen molar-refractivity contribution in [2.24, 2.45) is 10.9 Å². The molecule has 0 aliphatic carbocycles. The van der Waals surface area contributed by atoms with Gasteiger partial charge in [0.05, 0.1) is 6.04 Å². The van der Waals surface area contributed by atoms with Gasteiger partial charge in [0.2, 0.25) is 11.8 Å². The summed E-state index contributed by atoms with van der Waals surface area (Å²) in [6, 6.07) is 8.75. The van der Waals surface area contributed by atoms with Crippen molar-refractivity contribution in [3.63, 3.8) is 0 Å². The second kappa shape index (κ2) is 10.1. The first kappa shape index (κ1) is 20.9. The minimum absolute atomic E-state index is 0.0779. The van der Waals surface area contributed by atoms with Gasteiger partial charge in [-0.15, -0.1) is 0 Å². The first-order chi connectivity index (χ1) is 12.9. The molecule has 1 saturated heterocycles. The van der Waals surface area contributed by atoms with Crippen molar-refractivity contribution in [3.05, 3.63) is 35.4 Å². The number of hydrogen-bond acceptors (Lipinski definition) is 3. The van der Waals surface area contributed by atoms with Crippen LogP contribution in [0.15, 0.2) is 29.3 Å². The van der Waals surface area contributed by atoms with E-state index < -0.39 is 0 Å². The van der Waals surface area contributed by atoms with E-state index in [-0.39, 0.29) is 17.9 Å². The molecule has 1 aromatic carbocycles. The summed E-state index contributed by atoms with van der Waals surface area (Å²) in [6.45, 7) is 7.38. The molecule has 0 saturated carbocycles. The van der Waals surface area contributed by atoms with Gasteiger partial charge in [-0.1, -0.05) is 38.1 Å². The van der Waals surface area contributed by atoms with Crippen molar-refractivity contribution in [3.8, 4) is 0 Å². The van der Waals surface area contributed by atoms with E-state index in [4.69, 9.17) is 0 Å². The minimum atomic E-state index is -0.0779. The van der Waals surface area contributed by atoms with Gasteiger partial charge in [0.1, 0.15) is 0 Å². The van der Waals surface area contributed by atoms with Crippen molar-refractivity contribution in [1.82, 2.24) is 15.5 Å². The molecule has 0 aromatic heterocycles. The third-order valence-electron chi connectivity index (χ3n) is 4.71. The van der Waals surface area contributed by atoms with E-state index in [1.165, 1.54) is 16.0 Å². The largest absolute Gasteiger partial charge is 0.355 e. The van der Waals surface area contributed by atoms with Crippen LogP contribution in [0.5, 0.6) is 0 Å². The molecule has 1 aliphatic rings. The van der Waals surface area contributed by atoms with Crippen molar-refractivity contribution in [2.45, 2.75) is 52.5 Å². The van der Waals surface area contributed by atoms with Crippen LogP contribution in [0.2, 0.25) is 0 Å². The fraction of sp³-hybridized carbons (Fsp3) is 0.571. The van der Waals surface area contributed by atoms with Crippen molar-refractivity contribution >= 4 is 17.8 Å². The second-order valence-electron chi connectivity index (χ2n) is 7.50. The molecule has 6 heteroatoms. The Bertz CT molecular complexity index is 651. The Morgan fingerprint density at radius 1 is 1.11 bits per heavy atom. The highest BCUT2D eigenvalue weighted by atomic mass is 16.2. The summed E-state index contributed by atoms with van der Waals surface area (Å²) in [5, 5.41) is 6.54. The molecule has 0 radical (unpaired) electrons. The lowest BCUT2D eigenvalue weighted by atomic mass is 10.00. The number of rotatable bonds is 7. The Balaban J connectivity index is 1.83. The molecule has 148 valence electrons. The quantitative estimate of drug-likeness (QED) is 0.438. The maximum atomic E-state index is 11.8. The van der Waals surface area contributed by atoms with Crippen LogP contribution in [0.25, 0.3) is 0 Å². The summed E-state index contributed by atoms with van der Waals surface area (Å²) in [7, 11) is 1.71. The van der Waals surface area contributed by atoms with Gasteiger partial charge in [-0.25, -0.2) is 0 Å². The van der Waals surface area contributed by atoms with Gasteiger partial charge < -0.3 is 10.6 Å². The van der Waals surface area contributed by atoms with Crippen molar-refractivity contribution < 1.29 is 9.59 Å². The van der Waals surface area contributed by atoms with Crippen molar-refractivity contribution in [1.29, 1.82) is 0 Å². The van der Waals surface area contributed by atoms with Crippen LogP contribution in [0.4, 0.5) is 0 Å². The average Bonchev–Trinajstić information content (AvgIpc) is 2.63. The van der Waals surface area contributed by atoms with Crippen LogP contribution in [0, 0.1) is 5.92 Å². The van der Waals surface area contributed by atoms with Gasteiger partial charge in [-0.3, -0.25) is 19.5 Å². The number of aliphatic imine (C=N–C) groups is 1. The average molecular weight is 373 g/mol. The molecule has 1 unspecified atom stereocenters. The third kappa shape index (κ3) is 6.38. The SMILES string of the molecule is CN=C(NCCN1C(=O)CCCC1=O)NC(C)c1ccc(CC(C)C)cc1. The van der Waals surface area contributed by atoms with E-state index in [1.54, 1.807) is 7.05 Å². The monoisotopic (exact) mass is 372 g/mol. The number of benzene rings is 1. The van der Waals surface area contributed by atoms with E-state index in [2.05, 4.69) is 60.7 Å². The maximum Gasteiger partial charge on any atom is 0.229 e. The number of nitrogens with zero attached hydrogens (tertiary/aromatic N) is 2. The number of carbonyl (C=O) groups is 2. The second-order valence-corrected chi connectivity index (χ2v) is 7.50. The lowest BCUT2D eigenvalue weighted by Crippen LogP contribution is -2.46. The summed E-state index contributed by atoms with van der Waals surface area (Å²) in [4.78, 5) is 29.3. The van der Waals surface area contributed by atoms with Crippen LogP contribution in [0.1, 0.15) is 57.2 Å². The van der Waals surface area contributed by atoms with E-state index in [0.717, 1.165) is 6.42 Å². The zero-order valence-corrected chi connectivity index (χ0v) is 16.9. The molecule has 1 fully saturated rings. The zero-order valence-electron chi connectivity index (χ0n) is 16.9. The Morgan fingerprint density at radius 2 is 1.74 bits per heavy atom. The Kier molecular flexibility index (Phi) is 7.82. The molecule has 2 rings (SSSR count). The highest BCUT2D eigenvalue weighted by Crippen LogP contribution is 2.15. The number of hydrogen-bond donors (Lipinski definition) is 2. The highest BCUT2D eigenvalue weighted by molar-refractivity contribution is 5.97. The molecular weight excluding hydrogens is 340 g/mol. The topological polar surface area (TPSA) is 73.8 Å².